The van der Waals surface area contributed by atoms with Gasteiger partial charge in [-0.15, -0.1) is 0 Å². The fourth-order valence-electron chi connectivity index (χ4n) is 1.50. The van der Waals surface area contributed by atoms with E-state index in [0.29, 0.717) is 12.2 Å². The van der Waals surface area contributed by atoms with E-state index in [0.717, 1.165) is 5.56 Å². The van der Waals surface area contributed by atoms with Crippen LogP contribution in [-0.2, 0) is 4.79 Å². The van der Waals surface area contributed by atoms with Gasteiger partial charge in [0.2, 0.25) is 0 Å². The highest BCUT2D eigenvalue weighted by molar-refractivity contribution is 5.80. The summed E-state index contributed by atoms with van der Waals surface area (Å²) in [5.41, 5.74) is 1.15. The standard InChI is InChI=1S/C14H21NO3/c1-10-4-6-13(7-5-10)18-12(3)14(17)15-11(2)8-9-16/h4-7,11-12,16H,8-9H2,1-3H3,(H,15,17). The molecule has 0 saturated carbocycles. The zero-order valence-electron chi connectivity index (χ0n) is 11.1. The van der Waals surface area contributed by atoms with Crippen molar-refractivity contribution in [2.45, 2.75) is 39.3 Å². The Labute approximate surface area is 108 Å². The van der Waals surface area contributed by atoms with Crippen molar-refractivity contribution in [2.75, 3.05) is 6.61 Å². The number of hydrogen-bond donors (Lipinski definition) is 2. The van der Waals surface area contributed by atoms with Gasteiger partial charge < -0.3 is 15.2 Å². The van der Waals surface area contributed by atoms with Crippen molar-refractivity contribution in [1.29, 1.82) is 0 Å². The van der Waals surface area contributed by atoms with Crippen molar-refractivity contribution in [2.24, 2.45) is 0 Å². The third-order valence-corrected chi connectivity index (χ3v) is 2.65. The highest BCUT2D eigenvalue weighted by atomic mass is 16.5. The van der Waals surface area contributed by atoms with Gasteiger partial charge in [0.25, 0.3) is 5.91 Å². The summed E-state index contributed by atoms with van der Waals surface area (Å²) in [7, 11) is 0. The van der Waals surface area contributed by atoms with Gasteiger partial charge in [0, 0.05) is 12.6 Å². The lowest BCUT2D eigenvalue weighted by Crippen LogP contribution is -2.41. The summed E-state index contributed by atoms with van der Waals surface area (Å²) < 4.78 is 5.54. The van der Waals surface area contributed by atoms with Crippen LogP contribution < -0.4 is 10.1 Å². The lowest BCUT2D eigenvalue weighted by molar-refractivity contribution is -0.127. The highest BCUT2D eigenvalue weighted by Gasteiger charge is 2.16. The maximum atomic E-state index is 11.8. The molecule has 0 aliphatic carbocycles. The van der Waals surface area contributed by atoms with Crippen LogP contribution in [0.3, 0.4) is 0 Å². The molecule has 4 heteroatoms. The molecule has 0 aliphatic rings. The summed E-state index contributed by atoms with van der Waals surface area (Å²) in [6.07, 6.45) is -0.00273. The van der Waals surface area contributed by atoms with E-state index in [-0.39, 0.29) is 18.6 Å². The van der Waals surface area contributed by atoms with Crippen LogP contribution in [0.25, 0.3) is 0 Å². The molecule has 1 rings (SSSR count). The number of hydrogen-bond acceptors (Lipinski definition) is 3. The third kappa shape index (κ3) is 4.75. The molecule has 18 heavy (non-hydrogen) atoms. The highest BCUT2D eigenvalue weighted by Crippen LogP contribution is 2.13. The van der Waals surface area contributed by atoms with Gasteiger partial charge in [0.15, 0.2) is 6.10 Å². The number of carbonyl (C=O) groups is 1. The Bertz CT molecular complexity index is 375. The predicted octanol–water partition coefficient (Wildman–Crippen LogP) is 1.65. The summed E-state index contributed by atoms with van der Waals surface area (Å²) in [5, 5.41) is 11.6. The Hall–Kier alpha value is -1.55. The van der Waals surface area contributed by atoms with E-state index in [1.165, 1.54) is 0 Å². The van der Waals surface area contributed by atoms with Crippen LogP contribution in [-0.4, -0.2) is 29.8 Å². The second kappa shape index (κ2) is 7.01. The second-order valence-electron chi connectivity index (χ2n) is 4.50. The molecular formula is C14H21NO3. The maximum Gasteiger partial charge on any atom is 0.260 e. The van der Waals surface area contributed by atoms with Crippen molar-refractivity contribution in [3.8, 4) is 5.75 Å². The molecule has 2 atom stereocenters. The van der Waals surface area contributed by atoms with Gasteiger partial charge in [-0.1, -0.05) is 17.7 Å². The molecular weight excluding hydrogens is 230 g/mol. The smallest absolute Gasteiger partial charge is 0.260 e. The number of aliphatic hydroxyl groups excluding tert-OH is 1. The molecule has 0 bridgehead atoms. The van der Waals surface area contributed by atoms with Crippen LogP contribution in [0.4, 0.5) is 0 Å². The Kier molecular flexibility index (Phi) is 5.65. The molecule has 4 nitrogen and oxygen atoms in total. The van der Waals surface area contributed by atoms with Gasteiger partial charge in [0.05, 0.1) is 0 Å². The molecule has 0 aliphatic heterocycles. The van der Waals surface area contributed by atoms with E-state index in [2.05, 4.69) is 5.32 Å². The van der Waals surface area contributed by atoms with Gasteiger partial charge in [-0.3, -0.25) is 4.79 Å². The van der Waals surface area contributed by atoms with Crippen LogP contribution in [0.2, 0.25) is 0 Å². The predicted molar refractivity (Wildman–Crippen MR) is 70.6 cm³/mol. The van der Waals surface area contributed by atoms with Gasteiger partial charge in [0.1, 0.15) is 5.75 Å². The molecule has 0 saturated heterocycles. The third-order valence-electron chi connectivity index (χ3n) is 2.65. The number of aryl methyl sites for hydroxylation is 1. The van der Waals surface area contributed by atoms with Crippen molar-refractivity contribution < 1.29 is 14.6 Å². The minimum atomic E-state index is -0.547. The Morgan fingerprint density at radius 2 is 1.94 bits per heavy atom. The maximum absolute atomic E-state index is 11.8. The molecule has 0 spiro atoms. The number of rotatable bonds is 6. The molecule has 1 aromatic rings. The molecule has 0 fully saturated rings. The molecule has 1 amide bonds. The van der Waals surface area contributed by atoms with Gasteiger partial charge in [-0.25, -0.2) is 0 Å². The van der Waals surface area contributed by atoms with E-state index >= 15 is 0 Å². The first kappa shape index (κ1) is 14.5. The number of nitrogens with one attached hydrogen (secondary N) is 1. The molecule has 2 unspecified atom stereocenters. The molecule has 2 N–H and O–H groups in total. The lowest BCUT2D eigenvalue weighted by atomic mass is 10.2. The van der Waals surface area contributed by atoms with Crippen LogP contribution >= 0.6 is 0 Å². The Morgan fingerprint density at radius 1 is 1.33 bits per heavy atom. The number of ether oxygens (including phenoxy) is 1. The molecule has 0 heterocycles. The molecule has 100 valence electrons. The number of benzene rings is 1. The van der Waals surface area contributed by atoms with Crippen LogP contribution in [0.1, 0.15) is 25.8 Å². The second-order valence-corrected chi connectivity index (χ2v) is 4.50. The fourth-order valence-corrected chi connectivity index (χ4v) is 1.50. The minimum Gasteiger partial charge on any atom is -0.481 e. The molecule has 0 aromatic heterocycles. The van der Waals surface area contributed by atoms with E-state index in [9.17, 15) is 4.79 Å². The minimum absolute atomic E-state index is 0.0495. The zero-order chi connectivity index (χ0) is 13.5. The van der Waals surface area contributed by atoms with E-state index in [1.54, 1.807) is 6.92 Å². The van der Waals surface area contributed by atoms with E-state index in [4.69, 9.17) is 9.84 Å². The fraction of sp³-hybridized carbons (Fsp3) is 0.500. The molecule has 0 radical (unpaired) electrons. The van der Waals surface area contributed by atoms with Crippen molar-refractivity contribution in [1.82, 2.24) is 5.32 Å². The quantitative estimate of drug-likeness (QED) is 0.808. The average Bonchev–Trinajstić information content (AvgIpc) is 2.32. The number of aliphatic hydroxyl groups is 1. The monoisotopic (exact) mass is 251 g/mol. The average molecular weight is 251 g/mol. The Balaban J connectivity index is 2.46. The van der Waals surface area contributed by atoms with E-state index in [1.807, 2.05) is 38.1 Å². The first-order chi connectivity index (χ1) is 8.52. The largest absolute Gasteiger partial charge is 0.481 e. The van der Waals surface area contributed by atoms with E-state index < -0.39 is 6.10 Å². The molecule has 1 aromatic carbocycles. The SMILES string of the molecule is Cc1ccc(OC(C)C(=O)NC(C)CCO)cc1. The van der Waals surface area contributed by atoms with Crippen LogP contribution in [0.15, 0.2) is 24.3 Å². The first-order valence-electron chi connectivity index (χ1n) is 6.17. The summed E-state index contributed by atoms with van der Waals surface area (Å²) in [4.78, 5) is 11.8. The summed E-state index contributed by atoms with van der Waals surface area (Å²) in [6, 6.07) is 7.52. The summed E-state index contributed by atoms with van der Waals surface area (Å²) in [5.74, 6) is 0.509. The van der Waals surface area contributed by atoms with Crippen molar-refractivity contribution in [3.05, 3.63) is 29.8 Å². The first-order valence-corrected chi connectivity index (χ1v) is 6.17. The summed E-state index contributed by atoms with van der Waals surface area (Å²) in [6.45, 7) is 5.62. The Morgan fingerprint density at radius 3 is 2.50 bits per heavy atom. The number of amides is 1. The van der Waals surface area contributed by atoms with Gasteiger partial charge >= 0.3 is 0 Å². The van der Waals surface area contributed by atoms with Crippen molar-refractivity contribution in [3.63, 3.8) is 0 Å². The summed E-state index contributed by atoms with van der Waals surface area (Å²) >= 11 is 0. The van der Waals surface area contributed by atoms with Gasteiger partial charge in [-0.2, -0.15) is 0 Å². The zero-order valence-corrected chi connectivity index (χ0v) is 11.1. The van der Waals surface area contributed by atoms with Crippen molar-refractivity contribution >= 4 is 5.91 Å². The topological polar surface area (TPSA) is 58.6 Å². The lowest BCUT2D eigenvalue weighted by Gasteiger charge is -2.18. The van der Waals surface area contributed by atoms with Gasteiger partial charge in [-0.05, 0) is 39.3 Å². The van der Waals surface area contributed by atoms with Crippen LogP contribution in [0, 0.1) is 6.92 Å². The normalized spacial score (nSPS) is 13.8. The van der Waals surface area contributed by atoms with Crippen LogP contribution in [0.5, 0.6) is 5.75 Å². The number of carbonyl (C=O) groups excluding carboxylic acids is 1.